The summed E-state index contributed by atoms with van der Waals surface area (Å²) >= 11 is 0. The first-order valence-electron chi connectivity index (χ1n) is 7.73. The molecule has 0 fully saturated rings. The maximum atomic E-state index is 12.1. The number of benzene rings is 2. The van der Waals surface area contributed by atoms with E-state index in [2.05, 4.69) is 16.2 Å². The van der Waals surface area contributed by atoms with Crippen molar-refractivity contribution in [2.24, 2.45) is 0 Å². The molecule has 0 aliphatic heterocycles. The molecule has 132 valence electrons. The Morgan fingerprint density at radius 3 is 2.44 bits per heavy atom. The van der Waals surface area contributed by atoms with Crippen LogP contribution >= 0.6 is 0 Å². The third kappa shape index (κ3) is 6.39. The van der Waals surface area contributed by atoms with Gasteiger partial charge in [0, 0.05) is 34.1 Å². The SMILES string of the molecule is Cc1ccc(NCC(=O)NNC(=O)c2cccc(CS(C)=O)c2)cc1. The molecule has 0 aliphatic carbocycles. The van der Waals surface area contributed by atoms with E-state index >= 15 is 0 Å². The normalized spacial score (nSPS) is 11.4. The molecule has 0 saturated heterocycles. The van der Waals surface area contributed by atoms with E-state index in [0.717, 1.165) is 16.8 Å². The van der Waals surface area contributed by atoms with Crippen molar-refractivity contribution in [2.45, 2.75) is 12.7 Å². The van der Waals surface area contributed by atoms with Crippen molar-refractivity contribution in [3.05, 3.63) is 65.2 Å². The molecule has 1 atom stereocenters. The average molecular weight is 359 g/mol. The van der Waals surface area contributed by atoms with E-state index in [1.165, 1.54) is 0 Å². The molecule has 1 unspecified atom stereocenters. The van der Waals surface area contributed by atoms with Crippen molar-refractivity contribution < 1.29 is 13.8 Å². The fourth-order valence-electron chi connectivity index (χ4n) is 2.13. The van der Waals surface area contributed by atoms with E-state index < -0.39 is 16.7 Å². The molecule has 0 saturated carbocycles. The van der Waals surface area contributed by atoms with Crippen LogP contribution in [0.1, 0.15) is 21.5 Å². The van der Waals surface area contributed by atoms with Crippen LogP contribution in [0.25, 0.3) is 0 Å². The third-order valence-corrected chi connectivity index (χ3v) is 4.12. The van der Waals surface area contributed by atoms with Gasteiger partial charge in [-0.25, -0.2) is 0 Å². The van der Waals surface area contributed by atoms with Gasteiger partial charge in [0.05, 0.1) is 6.54 Å². The Balaban J connectivity index is 1.81. The largest absolute Gasteiger partial charge is 0.376 e. The quantitative estimate of drug-likeness (QED) is 0.686. The minimum Gasteiger partial charge on any atom is -0.376 e. The van der Waals surface area contributed by atoms with Crippen molar-refractivity contribution in [1.29, 1.82) is 0 Å². The molecule has 0 spiro atoms. The second kappa shape index (κ2) is 8.98. The molecule has 2 rings (SSSR count). The predicted octanol–water partition coefficient (Wildman–Crippen LogP) is 1.75. The van der Waals surface area contributed by atoms with Crippen molar-refractivity contribution in [1.82, 2.24) is 10.9 Å². The highest BCUT2D eigenvalue weighted by atomic mass is 32.2. The molecular weight excluding hydrogens is 338 g/mol. The second-order valence-electron chi connectivity index (χ2n) is 5.64. The molecule has 6 nitrogen and oxygen atoms in total. The average Bonchev–Trinajstić information content (AvgIpc) is 2.59. The number of rotatable bonds is 6. The van der Waals surface area contributed by atoms with Crippen LogP contribution in [-0.2, 0) is 21.3 Å². The van der Waals surface area contributed by atoms with Crippen molar-refractivity contribution >= 4 is 28.3 Å². The molecule has 25 heavy (non-hydrogen) atoms. The van der Waals surface area contributed by atoms with Crippen molar-refractivity contribution in [3.63, 3.8) is 0 Å². The Kier molecular flexibility index (Phi) is 6.71. The molecule has 3 N–H and O–H groups in total. The summed E-state index contributed by atoms with van der Waals surface area (Å²) in [7, 11) is -0.981. The Labute approximate surface area is 149 Å². The molecule has 0 heterocycles. The lowest BCUT2D eigenvalue weighted by Gasteiger charge is -2.10. The number of hydrogen-bond donors (Lipinski definition) is 3. The van der Waals surface area contributed by atoms with Crippen LogP contribution in [0.2, 0.25) is 0 Å². The van der Waals surface area contributed by atoms with Crippen LogP contribution in [0.5, 0.6) is 0 Å². The summed E-state index contributed by atoms with van der Waals surface area (Å²) in [5, 5.41) is 2.97. The number of amides is 2. The molecule has 0 aliphatic rings. The van der Waals surface area contributed by atoms with Crippen LogP contribution in [0.4, 0.5) is 5.69 Å². The van der Waals surface area contributed by atoms with Gasteiger partial charge in [-0.1, -0.05) is 29.8 Å². The predicted molar refractivity (Wildman–Crippen MR) is 99.5 cm³/mol. The Hall–Kier alpha value is -2.67. The fourth-order valence-corrected chi connectivity index (χ4v) is 2.78. The van der Waals surface area contributed by atoms with Gasteiger partial charge in [0.1, 0.15) is 0 Å². The molecule has 0 bridgehead atoms. The maximum Gasteiger partial charge on any atom is 0.269 e. The lowest BCUT2D eigenvalue weighted by atomic mass is 10.1. The summed E-state index contributed by atoms with van der Waals surface area (Å²) in [4.78, 5) is 23.9. The third-order valence-electron chi connectivity index (χ3n) is 3.38. The highest BCUT2D eigenvalue weighted by Gasteiger charge is 2.08. The first-order valence-corrected chi connectivity index (χ1v) is 9.45. The molecule has 2 aromatic rings. The molecule has 0 radical (unpaired) electrons. The molecule has 7 heteroatoms. The number of carbonyl (C=O) groups excluding carboxylic acids is 2. The van der Waals surface area contributed by atoms with Crippen molar-refractivity contribution in [2.75, 3.05) is 18.1 Å². The van der Waals surface area contributed by atoms with Crippen LogP contribution in [0, 0.1) is 6.92 Å². The minimum atomic E-state index is -0.981. The van der Waals surface area contributed by atoms with Gasteiger partial charge in [0.15, 0.2) is 0 Å². The monoisotopic (exact) mass is 359 g/mol. The van der Waals surface area contributed by atoms with E-state index in [9.17, 15) is 13.8 Å². The summed E-state index contributed by atoms with van der Waals surface area (Å²) < 4.78 is 11.3. The maximum absolute atomic E-state index is 12.1. The summed E-state index contributed by atoms with van der Waals surface area (Å²) in [6.07, 6.45) is 1.61. The van der Waals surface area contributed by atoms with Gasteiger partial charge in [-0.2, -0.15) is 0 Å². The molecule has 2 aromatic carbocycles. The van der Waals surface area contributed by atoms with Gasteiger partial charge in [-0.3, -0.25) is 24.6 Å². The van der Waals surface area contributed by atoms with Gasteiger partial charge < -0.3 is 5.32 Å². The van der Waals surface area contributed by atoms with Gasteiger partial charge in [-0.05, 0) is 36.8 Å². The summed E-state index contributed by atoms with van der Waals surface area (Å²) in [5.41, 5.74) is 7.90. The Bertz CT molecular complexity index is 775. The first-order chi connectivity index (χ1) is 11.9. The number of nitrogens with one attached hydrogen (secondary N) is 3. The fraction of sp³-hybridized carbons (Fsp3) is 0.222. The second-order valence-corrected chi connectivity index (χ2v) is 7.07. The van der Waals surface area contributed by atoms with Gasteiger partial charge in [0.2, 0.25) is 0 Å². The topological polar surface area (TPSA) is 87.3 Å². The van der Waals surface area contributed by atoms with Gasteiger partial charge in [-0.15, -0.1) is 0 Å². The zero-order valence-corrected chi connectivity index (χ0v) is 15.0. The van der Waals surface area contributed by atoms with Crippen molar-refractivity contribution in [3.8, 4) is 0 Å². The zero-order valence-electron chi connectivity index (χ0n) is 14.2. The van der Waals surface area contributed by atoms with Gasteiger partial charge in [0.25, 0.3) is 11.8 Å². The number of anilines is 1. The molecule has 0 aromatic heterocycles. The van der Waals surface area contributed by atoms with Crippen LogP contribution < -0.4 is 16.2 Å². The Morgan fingerprint density at radius 2 is 1.76 bits per heavy atom. The minimum absolute atomic E-state index is 0.0399. The lowest BCUT2D eigenvalue weighted by Crippen LogP contribution is -2.44. The van der Waals surface area contributed by atoms with E-state index in [0.29, 0.717) is 11.3 Å². The smallest absolute Gasteiger partial charge is 0.269 e. The summed E-state index contributed by atoms with van der Waals surface area (Å²) in [6.45, 7) is 2.03. The lowest BCUT2D eigenvalue weighted by molar-refractivity contribution is -0.120. The van der Waals surface area contributed by atoms with Crippen LogP contribution in [-0.4, -0.2) is 28.8 Å². The summed E-state index contributed by atoms with van der Waals surface area (Å²) in [6, 6.07) is 14.5. The number of hydrazine groups is 1. The highest BCUT2D eigenvalue weighted by Crippen LogP contribution is 2.08. The van der Waals surface area contributed by atoms with Crippen LogP contribution in [0.15, 0.2) is 48.5 Å². The summed E-state index contributed by atoms with van der Waals surface area (Å²) in [5.74, 6) is -0.402. The molecular formula is C18H21N3O3S. The Morgan fingerprint density at radius 1 is 1.04 bits per heavy atom. The standard InChI is InChI=1S/C18H21N3O3S/c1-13-6-8-16(9-7-13)19-11-17(22)20-21-18(23)15-5-3-4-14(10-15)12-25(2)24/h3-10,19H,11-12H2,1-2H3,(H,20,22)(H,21,23). The number of aryl methyl sites for hydroxylation is 1. The highest BCUT2D eigenvalue weighted by molar-refractivity contribution is 7.83. The van der Waals surface area contributed by atoms with Gasteiger partial charge >= 0.3 is 0 Å². The van der Waals surface area contributed by atoms with E-state index in [1.807, 2.05) is 37.3 Å². The van der Waals surface area contributed by atoms with Crippen LogP contribution in [0.3, 0.4) is 0 Å². The zero-order chi connectivity index (χ0) is 18.2. The van der Waals surface area contributed by atoms with E-state index in [-0.39, 0.29) is 12.5 Å². The first kappa shape index (κ1) is 18.7. The molecule has 2 amide bonds. The number of hydrogen-bond acceptors (Lipinski definition) is 4. The number of carbonyl (C=O) groups is 2. The van der Waals surface area contributed by atoms with E-state index in [4.69, 9.17) is 0 Å². The van der Waals surface area contributed by atoms with E-state index in [1.54, 1.807) is 24.5 Å².